The molecule has 1 unspecified atom stereocenters. The van der Waals surface area contributed by atoms with E-state index in [-0.39, 0.29) is 30.5 Å². The SMILES string of the molecule is COC(=O)c1cc(N2CC(CN)CC2=O)c(F)cc1F. The number of benzene rings is 1. The monoisotopic (exact) mass is 284 g/mol. The lowest BCUT2D eigenvalue weighted by molar-refractivity contribution is -0.117. The molecule has 0 spiro atoms. The van der Waals surface area contributed by atoms with Gasteiger partial charge in [0.05, 0.1) is 18.4 Å². The van der Waals surface area contributed by atoms with Gasteiger partial charge in [-0.05, 0) is 18.5 Å². The zero-order valence-electron chi connectivity index (χ0n) is 10.9. The summed E-state index contributed by atoms with van der Waals surface area (Å²) in [4.78, 5) is 24.4. The molecule has 20 heavy (non-hydrogen) atoms. The fraction of sp³-hybridized carbons (Fsp3) is 0.385. The average molecular weight is 284 g/mol. The van der Waals surface area contributed by atoms with E-state index in [1.807, 2.05) is 0 Å². The van der Waals surface area contributed by atoms with Crippen LogP contribution in [0.4, 0.5) is 14.5 Å². The summed E-state index contributed by atoms with van der Waals surface area (Å²) in [5, 5.41) is 0. The minimum absolute atomic E-state index is 0.0754. The highest BCUT2D eigenvalue weighted by atomic mass is 19.1. The van der Waals surface area contributed by atoms with Crippen LogP contribution in [0.1, 0.15) is 16.8 Å². The first kappa shape index (κ1) is 14.4. The fourth-order valence-electron chi connectivity index (χ4n) is 2.18. The highest BCUT2D eigenvalue weighted by molar-refractivity contribution is 5.98. The molecule has 1 amide bonds. The Morgan fingerprint density at radius 3 is 2.70 bits per heavy atom. The van der Waals surface area contributed by atoms with Crippen molar-refractivity contribution in [2.75, 3.05) is 25.1 Å². The molecule has 1 saturated heterocycles. The van der Waals surface area contributed by atoms with Crippen molar-refractivity contribution >= 4 is 17.6 Å². The Hall–Kier alpha value is -2.02. The van der Waals surface area contributed by atoms with Gasteiger partial charge in [-0.3, -0.25) is 4.79 Å². The van der Waals surface area contributed by atoms with Gasteiger partial charge in [0.2, 0.25) is 5.91 Å². The highest BCUT2D eigenvalue weighted by Crippen LogP contribution is 2.29. The van der Waals surface area contributed by atoms with Crippen LogP contribution < -0.4 is 10.6 Å². The Labute approximate surface area is 114 Å². The third-order valence-corrected chi connectivity index (χ3v) is 3.27. The van der Waals surface area contributed by atoms with Crippen molar-refractivity contribution in [3.63, 3.8) is 0 Å². The minimum Gasteiger partial charge on any atom is -0.465 e. The summed E-state index contributed by atoms with van der Waals surface area (Å²) in [7, 11) is 1.09. The second kappa shape index (κ2) is 5.54. The Morgan fingerprint density at radius 1 is 1.45 bits per heavy atom. The van der Waals surface area contributed by atoms with Crippen molar-refractivity contribution in [2.24, 2.45) is 11.7 Å². The minimum atomic E-state index is -1.03. The first-order chi connectivity index (χ1) is 9.47. The van der Waals surface area contributed by atoms with Gasteiger partial charge in [0.25, 0.3) is 0 Å². The lowest BCUT2D eigenvalue weighted by Crippen LogP contribution is -2.27. The summed E-state index contributed by atoms with van der Waals surface area (Å²) in [5.41, 5.74) is 4.95. The first-order valence-electron chi connectivity index (χ1n) is 6.05. The molecule has 1 heterocycles. The molecule has 0 aromatic heterocycles. The molecule has 1 aromatic carbocycles. The molecule has 0 radical (unpaired) electrons. The van der Waals surface area contributed by atoms with Crippen LogP contribution in [0.3, 0.4) is 0 Å². The molecule has 0 bridgehead atoms. The van der Waals surface area contributed by atoms with Crippen LogP contribution in [0.15, 0.2) is 12.1 Å². The summed E-state index contributed by atoms with van der Waals surface area (Å²) >= 11 is 0. The molecule has 1 aromatic rings. The zero-order valence-corrected chi connectivity index (χ0v) is 10.9. The molecule has 1 aliphatic heterocycles. The van der Waals surface area contributed by atoms with Crippen molar-refractivity contribution in [3.05, 3.63) is 29.3 Å². The van der Waals surface area contributed by atoms with Gasteiger partial charge in [0.15, 0.2) is 0 Å². The van der Waals surface area contributed by atoms with E-state index in [2.05, 4.69) is 4.74 Å². The molecule has 7 heteroatoms. The van der Waals surface area contributed by atoms with Gasteiger partial charge in [-0.2, -0.15) is 0 Å². The zero-order chi connectivity index (χ0) is 14.9. The number of anilines is 1. The van der Waals surface area contributed by atoms with Crippen molar-refractivity contribution in [3.8, 4) is 0 Å². The topological polar surface area (TPSA) is 72.6 Å². The second-order valence-electron chi connectivity index (χ2n) is 4.59. The van der Waals surface area contributed by atoms with Gasteiger partial charge >= 0.3 is 5.97 Å². The molecule has 108 valence electrons. The molecule has 1 fully saturated rings. The number of hydrogen-bond acceptors (Lipinski definition) is 4. The van der Waals surface area contributed by atoms with Gasteiger partial charge in [0, 0.05) is 19.0 Å². The van der Waals surface area contributed by atoms with E-state index >= 15 is 0 Å². The number of esters is 1. The number of rotatable bonds is 3. The van der Waals surface area contributed by atoms with E-state index in [0.29, 0.717) is 12.6 Å². The molecule has 5 nitrogen and oxygen atoms in total. The molecule has 2 N–H and O–H groups in total. The van der Waals surface area contributed by atoms with Crippen molar-refractivity contribution in [1.82, 2.24) is 0 Å². The van der Waals surface area contributed by atoms with E-state index in [1.54, 1.807) is 0 Å². The maximum Gasteiger partial charge on any atom is 0.340 e. The molecular formula is C13H14F2N2O3. The average Bonchev–Trinajstić information content (AvgIpc) is 2.79. The van der Waals surface area contributed by atoms with Crippen LogP contribution in [-0.4, -0.2) is 32.1 Å². The summed E-state index contributed by atoms with van der Waals surface area (Å²) in [5.74, 6) is -3.23. The lowest BCUT2D eigenvalue weighted by Gasteiger charge is -2.18. The largest absolute Gasteiger partial charge is 0.465 e. The van der Waals surface area contributed by atoms with Crippen molar-refractivity contribution in [2.45, 2.75) is 6.42 Å². The van der Waals surface area contributed by atoms with Gasteiger partial charge < -0.3 is 15.4 Å². The number of hydrogen-bond donors (Lipinski definition) is 1. The van der Waals surface area contributed by atoms with Crippen LogP contribution in [0.2, 0.25) is 0 Å². The summed E-state index contributed by atoms with van der Waals surface area (Å²) in [6, 6.07) is 1.57. The van der Waals surface area contributed by atoms with Gasteiger partial charge in [-0.15, -0.1) is 0 Å². The van der Waals surface area contributed by atoms with Crippen molar-refractivity contribution in [1.29, 1.82) is 0 Å². The number of amides is 1. The van der Waals surface area contributed by atoms with E-state index in [4.69, 9.17) is 5.73 Å². The Kier molecular flexibility index (Phi) is 3.99. The van der Waals surface area contributed by atoms with E-state index in [0.717, 1.165) is 13.2 Å². The normalized spacial score (nSPS) is 18.5. The molecule has 0 saturated carbocycles. The third kappa shape index (κ3) is 2.49. The van der Waals surface area contributed by atoms with E-state index in [9.17, 15) is 18.4 Å². The quantitative estimate of drug-likeness (QED) is 0.842. The lowest BCUT2D eigenvalue weighted by atomic mass is 10.1. The summed E-state index contributed by atoms with van der Waals surface area (Å²) in [6.07, 6.45) is 0.209. The van der Waals surface area contributed by atoms with Gasteiger partial charge in [0.1, 0.15) is 11.6 Å². The maximum absolute atomic E-state index is 13.8. The third-order valence-electron chi connectivity index (χ3n) is 3.27. The summed E-state index contributed by atoms with van der Waals surface area (Å²) in [6.45, 7) is 0.549. The van der Waals surface area contributed by atoms with Crippen LogP contribution in [0, 0.1) is 17.6 Å². The number of halogens is 2. The number of carbonyl (C=O) groups excluding carboxylic acids is 2. The maximum atomic E-state index is 13.8. The first-order valence-corrected chi connectivity index (χ1v) is 6.05. The fourth-order valence-corrected chi connectivity index (χ4v) is 2.18. The number of carbonyl (C=O) groups is 2. The number of nitrogens with two attached hydrogens (primary N) is 1. The number of ether oxygens (including phenoxy) is 1. The number of nitrogens with zero attached hydrogens (tertiary/aromatic N) is 1. The molecular weight excluding hydrogens is 270 g/mol. The standard InChI is InChI=1S/C13H14F2N2O3/c1-20-13(19)8-3-11(10(15)4-9(8)14)17-6-7(5-16)2-12(17)18/h3-4,7H,2,5-6,16H2,1H3. The molecule has 1 aliphatic rings. The number of methoxy groups -OCH3 is 1. The Morgan fingerprint density at radius 2 is 2.15 bits per heavy atom. The molecule has 0 aliphatic carbocycles. The van der Waals surface area contributed by atoms with Gasteiger partial charge in [-0.25, -0.2) is 13.6 Å². The Bertz CT molecular complexity index is 563. The Balaban J connectivity index is 2.42. The van der Waals surface area contributed by atoms with Crippen LogP contribution in [0.25, 0.3) is 0 Å². The van der Waals surface area contributed by atoms with Crippen LogP contribution in [-0.2, 0) is 9.53 Å². The van der Waals surface area contributed by atoms with Crippen LogP contribution >= 0.6 is 0 Å². The van der Waals surface area contributed by atoms with Crippen LogP contribution in [0.5, 0.6) is 0 Å². The predicted octanol–water partition coefficient (Wildman–Crippen LogP) is 1.06. The predicted molar refractivity (Wildman–Crippen MR) is 67.2 cm³/mol. The molecule has 2 rings (SSSR count). The van der Waals surface area contributed by atoms with E-state index < -0.39 is 23.2 Å². The second-order valence-corrected chi connectivity index (χ2v) is 4.59. The summed E-state index contributed by atoms with van der Waals surface area (Å²) < 4.78 is 31.8. The molecule has 1 atom stereocenters. The van der Waals surface area contributed by atoms with Crippen molar-refractivity contribution < 1.29 is 23.1 Å². The van der Waals surface area contributed by atoms with E-state index in [1.165, 1.54) is 4.90 Å². The highest BCUT2D eigenvalue weighted by Gasteiger charge is 2.32. The van der Waals surface area contributed by atoms with Gasteiger partial charge in [-0.1, -0.05) is 0 Å². The smallest absolute Gasteiger partial charge is 0.340 e.